The second-order valence-electron chi connectivity index (χ2n) is 8.05. The molecule has 5 heteroatoms. The third kappa shape index (κ3) is 4.74. The van der Waals surface area contributed by atoms with Crippen molar-refractivity contribution in [3.63, 3.8) is 0 Å². The van der Waals surface area contributed by atoms with Crippen LogP contribution in [0.3, 0.4) is 0 Å². The molecule has 0 aliphatic carbocycles. The van der Waals surface area contributed by atoms with Gasteiger partial charge >= 0.3 is 0 Å². The lowest BCUT2D eigenvalue weighted by Gasteiger charge is -2.51. The minimum absolute atomic E-state index is 0.0349. The Morgan fingerprint density at radius 1 is 1.19 bits per heavy atom. The molecule has 1 aliphatic heterocycles. The van der Waals surface area contributed by atoms with Gasteiger partial charge in [-0.2, -0.15) is 5.06 Å². The molecule has 1 fully saturated rings. The predicted octanol–water partition coefficient (Wildman–Crippen LogP) is 4.34. The van der Waals surface area contributed by atoms with Crippen molar-refractivity contribution in [3.8, 4) is 11.5 Å². The molecule has 1 aliphatic rings. The van der Waals surface area contributed by atoms with Crippen molar-refractivity contribution in [3.05, 3.63) is 42.0 Å². The maximum Gasteiger partial charge on any atom is 0.178 e. The van der Waals surface area contributed by atoms with Crippen LogP contribution in [0.2, 0.25) is 0 Å². The average Bonchev–Trinajstić information content (AvgIpc) is 2.53. The number of hydrogen-bond donors (Lipinski definition) is 2. The lowest BCUT2D eigenvalue weighted by molar-refractivity contribution is -0.254. The van der Waals surface area contributed by atoms with Crippen LogP contribution in [0, 0.1) is 0 Å². The monoisotopic (exact) mass is 359 g/mol. The summed E-state index contributed by atoms with van der Waals surface area (Å²) in [6.45, 7) is 9.67. The first-order valence-electron chi connectivity index (χ1n) is 8.89. The highest BCUT2D eigenvalue weighted by Crippen LogP contribution is 2.39. The molecule has 142 valence electrons. The Balaban J connectivity index is 2.12. The smallest absolute Gasteiger partial charge is 0.178 e. The van der Waals surface area contributed by atoms with Crippen molar-refractivity contribution in [1.82, 2.24) is 5.06 Å². The predicted molar refractivity (Wildman–Crippen MR) is 102 cm³/mol. The van der Waals surface area contributed by atoms with Gasteiger partial charge in [-0.25, -0.2) is 0 Å². The zero-order valence-electron chi connectivity index (χ0n) is 16.2. The maximum atomic E-state index is 11.5. The molecule has 2 rings (SSSR count). The van der Waals surface area contributed by atoms with Gasteiger partial charge in [0.25, 0.3) is 0 Å². The van der Waals surface area contributed by atoms with Gasteiger partial charge in [-0.15, -0.1) is 0 Å². The van der Waals surface area contributed by atoms with E-state index in [1.807, 2.05) is 27.7 Å². The van der Waals surface area contributed by atoms with Gasteiger partial charge in [-0.1, -0.05) is 18.2 Å². The maximum absolute atomic E-state index is 11.5. The number of phenols is 1. The van der Waals surface area contributed by atoms with Crippen molar-refractivity contribution in [2.45, 2.75) is 64.6 Å². The highest BCUT2D eigenvalue weighted by Gasteiger charge is 2.46. The van der Waals surface area contributed by atoms with Crippen LogP contribution >= 0.6 is 0 Å². The summed E-state index contributed by atoms with van der Waals surface area (Å²) in [6.07, 6.45) is 7.44. The summed E-state index contributed by atoms with van der Waals surface area (Å²) in [6, 6.07) is 5.08. The van der Waals surface area contributed by atoms with E-state index in [1.165, 1.54) is 17.2 Å². The molecule has 0 atom stereocenters. The largest absolute Gasteiger partial charge is 0.504 e. The fraction of sp³-hybridized carbons (Fsp3) is 0.476. The number of phenolic OH excluding ortho intramolecular Hbond substituents is 1. The Labute approximate surface area is 155 Å². The summed E-state index contributed by atoms with van der Waals surface area (Å²) >= 11 is 0. The number of carbonyl (C=O) groups is 1. The van der Waals surface area contributed by atoms with Crippen LogP contribution in [0.5, 0.6) is 11.5 Å². The number of ether oxygens (including phenoxy) is 1. The number of aromatic hydroxyl groups is 1. The van der Waals surface area contributed by atoms with Crippen LogP contribution < -0.4 is 4.74 Å². The minimum atomic E-state index is -0.419. The number of rotatable bonds is 5. The fourth-order valence-electron chi connectivity index (χ4n) is 3.58. The molecule has 1 aromatic carbocycles. The number of nitrogens with zero attached hydrogens (tertiary/aromatic N) is 1. The molecule has 5 nitrogen and oxygen atoms in total. The average molecular weight is 359 g/mol. The molecule has 0 aromatic heterocycles. The van der Waals surface area contributed by atoms with E-state index in [0.717, 1.165) is 5.56 Å². The number of benzene rings is 1. The van der Waals surface area contributed by atoms with E-state index in [0.29, 0.717) is 18.6 Å². The number of piperidine rings is 1. The zero-order valence-corrected chi connectivity index (χ0v) is 16.2. The summed E-state index contributed by atoms with van der Waals surface area (Å²) in [5.41, 5.74) is -0.117. The first kappa shape index (κ1) is 20.2. The summed E-state index contributed by atoms with van der Waals surface area (Å²) < 4.78 is 6.03. The quantitative estimate of drug-likeness (QED) is 0.765. The molecule has 1 aromatic rings. The lowest BCUT2D eigenvalue weighted by Crippen LogP contribution is -2.61. The molecule has 2 N–H and O–H groups in total. The number of ketones is 1. The van der Waals surface area contributed by atoms with E-state index in [9.17, 15) is 15.1 Å². The van der Waals surface area contributed by atoms with Crippen LogP contribution in [-0.4, -0.2) is 38.3 Å². The van der Waals surface area contributed by atoms with Gasteiger partial charge in [0.2, 0.25) is 0 Å². The molecular weight excluding hydrogens is 330 g/mol. The Bertz CT molecular complexity index is 701. The van der Waals surface area contributed by atoms with Crippen LogP contribution in [0.1, 0.15) is 53.0 Å². The molecule has 0 bridgehead atoms. The second kappa shape index (κ2) is 7.64. The SMILES string of the molecule is C/C=C/C(=O)/C=C/c1ccc(OC2CC(C)(C)N(O)C(C)(C)C2)c(O)c1. The summed E-state index contributed by atoms with van der Waals surface area (Å²) in [7, 11) is 0. The molecule has 0 spiro atoms. The van der Waals surface area contributed by atoms with Crippen LogP contribution in [0.25, 0.3) is 6.08 Å². The molecule has 0 radical (unpaired) electrons. The molecule has 0 unspecified atom stereocenters. The molecular formula is C21H29NO4. The Kier molecular flexibility index (Phi) is 5.94. The highest BCUT2D eigenvalue weighted by molar-refractivity contribution is 6.01. The molecule has 0 saturated carbocycles. The van der Waals surface area contributed by atoms with Gasteiger partial charge in [0.15, 0.2) is 17.3 Å². The van der Waals surface area contributed by atoms with Gasteiger partial charge in [-0.3, -0.25) is 4.79 Å². The van der Waals surface area contributed by atoms with Crippen molar-refractivity contribution in [2.24, 2.45) is 0 Å². The number of allylic oxidation sites excluding steroid dienone is 3. The molecule has 1 heterocycles. The standard InChI is InChI=1S/C21H29NO4/c1-6-7-16(23)10-8-15-9-11-19(18(24)12-15)26-17-13-20(2,3)22(25)21(4,5)14-17/h6-12,17,24-25H,13-14H2,1-5H3/b7-6+,10-8+. The summed E-state index contributed by atoms with van der Waals surface area (Å²) in [5, 5.41) is 22.1. The van der Waals surface area contributed by atoms with Crippen LogP contribution in [0.15, 0.2) is 36.4 Å². The van der Waals surface area contributed by atoms with E-state index in [-0.39, 0.29) is 17.6 Å². The Morgan fingerprint density at radius 3 is 2.35 bits per heavy atom. The van der Waals surface area contributed by atoms with Crippen molar-refractivity contribution >= 4 is 11.9 Å². The fourth-order valence-corrected chi connectivity index (χ4v) is 3.58. The third-order valence-electron chi connectivity index (χ3n) is 4.65. The first-order valence-corrected chi connectivity index (χ1v) is 8.89. The van der Waals surface area contributed by atoms with E-state index < -0.39 is 11.1 Å². The number of hydroxylamine groups is 2. The van der Waals surface area contributed by atoms with Gasteiger partial charge in [0.05, 0.1) is 0 Å². The van der Waals surface area contributed by atoms with Gasteiger partial charge in [0.1, 0.15) is 6.10 Å². The van der Waals surface area contributed by atoms with Crippen molar-refractivity contribution in [2.75, 3.05) is 0 Å². The lowest BCUT2D eigenvalue weighted by atomic mass is 9.80. The topological polar surface area (TPSA) is 70.0 Å². The summed E-state index contributed by atoms with van der Waals surface area (Å²) in [5.74, 6) is 0.338. The van der Waals surface area contributed by atoms with Crippen LogP contribution in [-0.2, 0) is 4.79 Å². The van der Waals surface area contributed by atoms with E-state index >= 15 is 0 Å². The van der Waals surface area contributed by atoms with Crippen molar-refractivity contribution < 1.29 is 19.8 Å². The third-order valence-corrected chi connectivity index (χ3v) is 4.65. The van der Waals surface area contributed by atoms with E-state index in [1.54, 1.807) is 37.3 Å². The van der Waals surface area contributed by atoms with Crippen molar-refractivity contribution in [1.29, 1.82) is 0 Å². The molecule has 0 amide bonds. The molecule has 26 heavy (non-hydrogen) atoms. The minimum Gasteiger partial charge on any atom is -0.504 e. The number of hydrogen-bond acceptors (Lipinski definition) is 5. The van der Waals surface area contributed by atoms with E-state index in [4.69, 9.17) is 4.74 Å². The normalized spacial score (nSPS) is 20.7. The second-order valence-corrected chi connectivity index (χ2v) is 8.05. The zero-order chi connectivity index (χ0) is 19.5. The van der Waals surface area contributed by atoms with Gasteiger partial charge < -0.3 is 15.1 Å². The number of carbonyl (C=O) groups excluding carboxylic acids is 1. The first-order chi connectivity index (χ1) is 12.0. The van der Waals surface area contributed by atoms with E-state index in [2.05, 4.69) is 0 Å². The highest BCUT2D eigenvalue weighted by atomic mass is 16.5. The Morgan fingerprint density at radius 2 is 1.81 bits per heavy atom. The molecule has 1 saturated heterocycles. The Hall–Kier alpha value is -2.11. The summed E-state index contributed by atoms with van der Waals surface area (Å²) in [4.78, 5) is 11.5. The van der Waals surface area contributed by atoms with Gasteiger partial charge in [0, 0.05) is 23.9 Å². The van der Waals surface area contributed by atoms with Crippen LogP contribution in [0.4, 0.5) is 0 Å². The van der Waals surface area contributed by atoms with Gasteiger partial charge in [-0.05, 0) is 64.5 Å².